The second-order valence-electron chi connectivity index (χ2n) is 7.82. The predicted octanol–water partition coefficient (Wildman–Crippen LogP) is 6.55. The molecule has 0 saturated heterocycles. The van der Waals surface area contributed by atoms with Gasteiger partial charge in [0.05, 0.1) is 21.3 Å². The number of carbonyl (C=O) groups is 1. The number of nitrogens with zero attached hydrogens (tertiary/aromatic N) is 2. The second-order valence-corrected chi connectivity index (χ2v) is 8.64. The van der Waals surface area contributed by atoms with Gasteiger partial charge in [0.25, 0.3) is 0 Å². The summed E-state index contributed by atoms with van der Waals surface area (Å²) >= 11 is 12.7. The SMILES string of the molecule is CCN1c2cc(Cl)c(C=Nc3cc(C(=O)O)ccc3Cl)cc2C(C)CC1(C)C. The van der Waals surface area contributed by atoms with Crippen LogP contribution in [0.2, 0.25) is 10.0 Å². The van der Waals surface area contributed by atoms with Crippen molar-refractivity contribution < 1.29 is 9.90 Å². The van der Waals surface area contributed by atoms with Crippen LogP contribution in [0.15, 0.2) is 35.3 Å². The molecule has 1 N–H and O–H groups in total. The van der Waals surface area contributed by atoms with E-state index in [0.29, 0.717) is 21.7 Å². The zero-order valence-corrected chi connectivity index (χ0v) is 18.0. The molecule has 0 amide bonds. The lowest BCUT2D eigenvalue weighted by Crippen LogP contribution is -2.48. The van der Waals surface area contributed by atoms with Crippen molar-refractivity contribution in [2.75, 3.05) is 11.4 Å². The first kappa shape index (κ1) is 20.7. The molecule has 6 heteroatoms. The van der Waals surface area contributed by atoms with Crippen LogP contribution in [0, 0.1) is 0 Å². The van der Waals surface area contributed by atoms with Crippen LogP contribution < -0.4 is 4.90 Å². The van der Waals surface area contributed by atoms with E-state index in [1.54, 1.807) is 6.21 Å². The van der Waals surface area contributed by atoms with Crippen LogP contribution in [0.3, 0.4) is 0 Å². The third kappa shape index (κ3) is 3.89. The number of hydrogen-bond acceptors (Lipinski definition) is 3. The smallest absolute Gasteiger partial charge is 0.335 e. The zero-order chi connectivity index (χ0) is 20.6. The topological polar surface area (TPSA) is 52.9 Å². The van der Waals surface area contributed by atoms with E-state index in [-0.39, 0.29) is 11.1 Å². The summed E-state index contributed by atoms with van der Waals surface area (Å²) in [4.78, 5) is 18.0. The minimum atomic E-state index is -1.02. The summed E-state index contributed by atoms with van der Waals surface area (Å²) in [5.74, 6) is -0.618. The number of aromatic carboxylic acids is 1. The van der Waals surface area contributed by atoms with E-state index in [2.05, 4.69) is 43.7 Å². The lowest BCUT2D eigenvalue weighted by Gasteiger charge is -2.47. The van der Waals surface area contributed by atoms with Gasteiger partial charge in [-0.25, -0.2) is 4.79 Å². The molecule has 1 atom stereocenters. The maximum atomic E-state index is 11.2. The van der Waals surface area contributed by atoms with Crippen LogP contribution in [-0.2, 0) is 0 Å². The number of rotatable bonds is 4. The maximum absolute atomic E-state index is 11.2. The molecule has 148 valence electrons. The van der Waals surface area contributed by atoms with Crippen LogP contribution >= 0.6 is 23.2 Å². The summed E-state index contributed by atoms with van der Waals surface area (Å²) in [6.07, 6.45) is 2.71. The summed E-state index contributed by atoms with van der Waals surface area (Å²) in [5.41, 5.74) is 3.82. The van der Waals surface area contributed by atoms with Gasteiger partial charge in [-0.3, -0.25) is 4.99 Å². The number of hydrogen-bond donors (Lipinski definition) is 1. The molecule has 0 aliphatic carbocycles. The highest BCUT2D eigenvalue weighted by Gasteiger charge is 2.35. The first-order valence-corrected chi connectivity index (χ1v) is 10.1. The Bertz CT molecular complexity index is 954. The molecule has 2 aromatic rings. The Hall–Kier alpha value is -2.04. The van der Waals surface area contributed by atoms with Gasteiger partial charge in [-0.2, -0.15) is 0 Å². The molecular formula is C22H24Cl2N2O2. The van der Waals surface area contributed by atoms with Crippen molar-refractivity contribution in [2.45, 2.75) is 45.6 Å². The monoisotopic (exact) mass is 418 g/mol. The van der Waals surface area contributed by atoms with E-state index in [0.717, 1.165) is 18.5 Å². The van der Waals surface area contributed by atoms with Gasteiger partial charge in [0.15, 0.2) is 0 Å². The Kier molecular flexibility index (Phi) is 5.74. The van der Waals surface area contributed by atoms with E-state index in [1.807, 2.05) is 6.07 Å². The lowest BCUT2D eigenvalue weighted by molar-refractivity contribution is 0.0697. The normalized spacial score (nSPS) is 18.4. The lowest BCUT2D eigenvalue weighted by atomic mass is 9.79. The molecule has 0 radical (unpaired) electrons. The standard InChI is InChI=1S/C22H24Cl2N2O2/c1-5-26-20-10-18(24)15(8-16(20)13(2)11-22(26,3)4)12-25-19-9-14(21(27)28)6-7-17(19)23/h6-10,12-13H,5,11H2,1-4H3,(H,27,28). The summed E-state index contributed by atoms with van der Waals surface area (Å²) in [6, 6.07) is 8.54. The van der Waals surface area contributed by atoms with Gasteiger partial charge < -0.3 is 10.0 Å². The first-order chi connectivity index (χ1) is 13.1. The van der Waals surface area contributed by atoms with Crippen molar-refractivity contribution in [3.8, 4) is 0 Å². The van der Waals surface area contributed by atoms with Crippen molar-refractivity contribution in [3.63, 3.8) is 0 Å². The number of fused-ring (bicyclic) bond motifs is 1. The molecule has 0 saturated carbocycles. The van der Waals surface area contributed by atoms with Gasteiger partial charge >= 0.3 is 5.97 Å². The van der Waals surface area contributed by atoms with Crippen molar-refractivity contribution in [1.82, 2.24) is 0 Å². The Morgan fingerprint density at radius 2 is 2.00 bits per heavy atom. The molecule has 1 heterocycles. The zero-order valence-electron chi connectivity index (χ0n) is 16.5. The molecule has 1 aliphatic rings. The minimum absolute atomic E-state index is 0.0743. The molecule has 28 heavy (non-hydrogen) atoms. The van der Waals surface area contributed by atoms with Crippen LogP contribution in [-0.4, -0.2) is 29.4 Å². The highest BCUT2D eigenvalue weighted by molar-refractivity contribution is 6.34. The summed E-state index contributed by atoms with van der Waals surface area (Å²) in [7, 11) is 0. The fourth-order valence-corrected chi connectivity index (χ4v) is 4.48. The van der Waals surface area contributed by atoms with Gasteiger partial charge in [0, 0.05) is 29.5 Å². The maximum Gasteiger partial charge on any atom is 0.335 e. The molecular weight excluding hydrogens is 395 g/mol. The molecule has 0 aromatic heterocycles. The fourth-order valence-electron chi connectivity index (χ4n) is 4.10. The van der Waals surface area contributed by atoms with Crippen molar-refractivity contribution in [1.29, 1.82) is 0 Å². The molecule has 1 unspecified atom stereocenters. The Labute approximate surface area is 175 Å². The van der Waals surface area contributed by atoms with E-state index >= 15 is 0 Å². The molecule has 2 aromatic carbocycles. The first-order valence-electron chi connectivity index (χ1n) is 9.32. The van der Waals surface area contributed by atoms with Crippen molar-refractivity contribution >= 4 is 46.8 Å². The summed E-state index contributed by atoms with van der Waals surface area (Å²) in [6.45, 7) is 9.82. The molecule has 1 aliphatic heterocycles. The third-order valence-corrected chi connectivity index (χ3v) is 6.00. The fraction of sp³-hybridized carbons (Fsp3) is 0.364. The van der Waals surface area contributed by atoms with Gasteiger partial charge in [-0.15, -0.1) is 0 Å². The van der Waals surface area contributed by atoms with E-state index in [9.17, 15) is 4.79 Å². The number of anilines is 1. The molecule has 4 nitrogen and oxygen atoms in total. The van der Waals surface area contributed by atoms with E-state index in [1.165, 1.54) is 29.4 Å². The van der Waals surface area contributed by atoms with Crippen LogP contribution in [0.25, 0.3) is 0 Å². The number of benzene rings is 2. The number of carboxylic acid groups (broad SMARTS) is 1. The van der Waals surface area contributed by atoms with Gasteiger partial charge in [0.1, 0.15) is 0 Å². The van der Waals surface area contributed by atoms with Crippen LogP contribution in [0.5, 0.6) is 0 Å². The third-order valence-electron chi connectivity index (χ3n) is 5.36. The Morgan fingerprint density at radius 1 is 1.29 bits per heavy atom. The van der Waals surface area contributed by atoms with Crippen LogP contribution in [0.1, 0.15) is 61.5 Å². The largest absolute Gasteiger partial charge is 0.478 e. The average molecular weight is 419 g/mol. The Morgan fingerprint density at radius 3 is 2.64 bits per heavy atom. The van der Waals surface area contributed by atoms with E-state index < -0.39 is 5.97 Å². The van der Waals surface area contributed by atoms with Gasteiger partial charge in [0.2, 0.25) is 0 Å². The average Bonchev–Trinajstić information content (AvgIpc) is 2.61. The quantitative estimate of drug-likeness (QED) is 0.572. The molecule has 3 rings (SSSR count). The van der Waals surface area contributed by atoms with Crippen molar-refractivity contribution in [2.24, 2.45) is 4.99 Å². The molecule has 0 spiro atoms. The van der Waals surface area contributed by atoms with Gasteiger partial charge in [-0.05, 0) is 69.0 Å². The minimum Gasteiger partial charge on any atom is -0.478 e. The molecule has 0 fully saturated rings. The van der Waals surface area contributed by atoms with E-state index in [4.69, 9.17) is 28.3 Å². The van der Waals surface area contributed by atoms with Gasteiger partial charge in [-0.1, -0.05) is 30.1 Å². The second kappa shape index (κ2) is 7.76. The Balaban J connectivity index is 2.02. The highest BCUT2D eigenvalue weighted by atomic mass is 35.5. The van der Waals surface area contributed by atoms with Crippen molar-refractivity contribution in [3.05, 3.63) is 57.1 Å². The summed E-state index contributed by atoms with van der Waals surface area (Å²) in [5, 5.41) is 10.2. The summed E-state index contributed by atoms with van der Waals surface area (Å²) < 4.78 is 0. The predicted molar refractivity (Wildman–Crippen MR) is 117 cm³/mol. The number of halogens is 2. The number of carboxylic acids is 1. The van der Waals surface area contributed by atoms with Crippen LogP contribution in [0.4, 0.5) is 11.4 Å². The number of aliphatic imine (C=N–C) groups is 1. The highest BCUT2D eigenvalue weighted by Crippen LogP contribution is 2.44. The molecule has 0 bridgehead atoms.